The fourth-order valence-corrected chi connectivity index (χ4v) is 5.33. The first-order valence-electron chi connectivity index (χ1n) is 14.3. The average Bonchev–Trinajstić information content (AvgIpc) is 2.93. The number of hydrogen-bond donors (Lipinski definition) is 4. The lowest BCUT2D eigenvalue weighted by atomic mass is 9.91. The Morgan fingerprint density at radius 3 is 2.19 bits per heavy atom. The van der Waals surface area contributed by atoms with Gasteiger partial charge < -0.3 is 30.5 Å². The molecule has 4 N–H and O–H groups in total. The van der Waals surface area contributed by atoms with E-state index in [2.05, 4.69) is 15.5 Å². The first kappa shape index (κ1) is 31.0. The number of ether oxygens (including phenoxy) is 1. The third-order valence-electron chi connectivity index (χ3n) is 7.53. The maximum atomic E-state index is 13.2. The first-order valence-corrected chi connectivity index (χ1v) is 14.3. The van der Waals surface area contributed by atoms with E-state index in [1.165, 1.54) is 24.3 Å². The Balaban J connectivity index is 1.41. The van der Waals surface area contributed by atoms with Gasteiger partial charge in [-0.15, -0.1) is 0 Å². The molecule has 1 saturated heterocycles. The highest BCUT2D eigenvalue weighted by molar-refractivity contribution is 5.97. The Labute approximate surface area is 245 Å². The molecular formula is C31H40N4O7. The maximum absolute atomic E-state index is 13.2. The molecule has 11 heteroatoms. The van der Waals surface area contributed by atoms with Crippen LogP contribution in [0, 0.1) is 0 Å². The number of carbonyl (C=O) groups is 4. The average molecular weight is 581 g/mol. The van der Waals surface area contributed by atoms with E-state index in [-0.39, 0.29) is 24.0 Å². The van der Waals surface area contributed by atoms with E-state index in [1.807, 2.05) is 24.3 Å². The maximum Gasteiger partial charge on any atom is 0.408 e. The molecule has 226 valence electrons. The van der Waals surface area contributed by atoms with Gasteiger partial charge in [-0.3, -0.25) is 14.5 Å². The topological polar surface area (TPSA) is 149 Å². The Bertz CT molecular complexity index is 1270. The summed E-state index contributed by atoms with van der Waals surface area (Å²) in [4.78, 5) is 53.9. The number of anilines is 2. The van der Waals surface area contributed by atoms with Crippen LogP contribution in [0.2, 0.25) is 0 Å². The fraction of sp³-hybridized carbons (Fsp3) is 0.484. The third-order valence-corrected chi connectivity index (χ3v) is 7.53. The van der Waals surface area contributed by atoms with Gasteiger partial charge in [-0.05, 0) is 88.4 Å². The zero-order valence-electron chi connectivity index (χ0n) is 24.3. The minimum Gasteiger partial charge on any atom is -0.478 e. The van der Waals surface area contributed by atoms with Gasteiger partial charge in [0, 0.05) is 36.9 Å². The normalized spacial score (nSPS) is 20.5. The molecular weight excluding hydrogens is 540 g/mol. The number of carboxylic acids is 1. The summed E-state index contributed by atoms with van der Waals surface area (Å²) in [7, 11) is 0. The van der Waals surface area contributed by atoms with Gasteiger partial charge in [-0.1, -0.05) is 12.1 Å². The molecule has 0 unspecified atom stereocenters. The van der Waals surface area contributed by atoms with Gasteiger partial charge in [0.2, 0.25) is 11.8 Å². The number of piperazine rings is 1. The molecule has 4 rings (SSSR count). The van der Waals surface area contributed by atoms with Crippen molar-refractivity contribution in [3.63, 3.8) is 0 Å². The van der Waals surface area contributed by atoms with Crippen LogP contribution in [-0.2, 0) is 20.7 Å². The van der Waals surface area contributed by atoms with Crippen LogP contribution in [0.3, 0.4) is 0 Å². The van der Waals surface area contributed by atoms with Crippen molar-refractivity contribution in [2.24, 2.45) is 0 Å². The van der Waals surface area contributed by atoms with Crippen LogP contribution in [0.15, 0.2) is 48.5 Å². The molecule has 0 spiro atoms. The number of benzene rings is 2. The monoisotopic (exact) mass is 580 g/mol. The fourth-order valence-electron chi connectivity index (χ4n) is 5.33. The second-order valence-corrected chi connectivity index (χ2v) is 11.9. The summed E-state index contributed by atoms with van der Waals surface area (Å²) in [6, 6.07) is 12.4. The summed E-state index contributed by atoms with van der Waals surface area (Å²) in [5, 5.41) is 24.3. The molecule has 3 amide bonds. The van der Waals surface area contributed by atoms with Gasteiger partial charge in [0.1, 0.15) is 11.6 Å². The third kappa shape index (κ3) is 8.53. The number of nitrogens with zero attached hydrogens (tertiary/aromatic N) is 2. The second kappa shape index (κ2) is 13.3. The summed E-state index contributed by atoms with van der Waals surface area (Å²) in [6.07, 6.45) is 2.56. The largest absolute Gasteiger partial charge is 0.478 e. The van der Waals surface area contributed by atoms with Crippen molar-refractivity contribution in [3.05, 3.63) is 59.7 Å². The Hall–Kier alpha value is -3.96. The molecule has 1 aliphatic heterocycles. The number of nitrogens with one attached hydrogen (secondary N) is 2. The Morgan fingerprint density at radius 2 is 1.62 bits per heavy atom. The standard InChI is InChI=1S/C31H40N4O7/c1-31(2,3)42-30(41)33-26(28(38)32-22-8-6-21(7-9-22)29(39)40)18-20-4-10-24(11-5-20)35-17-16-34(19-27(35)37)23-12-14-25(36)15-13-23/h4-11,23,25-26,36H,12-19H2,1-3H3,(H,32,38)(H,33,41)(H,39,40)/t23?,25?,26-/m0/s1. The van der Waals surface area contributed by atoms with Crippen molar-refractivity contribution in [2.45, 2.75) is 76.7 Å². The molecule has 2 fully saturated rings. The predicted molar refractivity (Wildman–Crippen MR) is 158 cm³/mol. The zero-order valence-corrected chi connectivity index (χ0v) is 24.3. The van der Waals surface area contributed by atoms with Gasteiger partial charge in [0.25, 0.3) is 0 Å². The van der Waals surface area contributed by atoms with Crippen LogP contribution in [0.5, 0.6) is 0 Å². The lowest BCUT2D eigenvalue weighted by Crippen LogP contribution is -2.54. The number of aromatic carboxylic acids is 1. The SMILES string of the molecule is CC(C)(C)OC(=O)N[C@@H](Cc1ccc(N2CCN(C3CCC(O)CC3)CC2=O)cc1)C(=O)Nc1ccc(C(=O)O)cc1. The highest BCUT2D eigenvalue weighted by Crippen LogP contribution is 2.26. The summed E-state index contributed by atoms with van der Waals surface area (Å²) < 4.78 is 5.36. The van der Waals surface area contributed by atoms with Crippen molar-refractivity contribution >= 4 is 35.3 Å². The number of carboxylic acid groups (broad SMARTS) is 1. The summed E-state index contributed by atoms with van der Waals surface area (Å²) in [6.45, 7) is 6.87. The summed E-state index contributed by atoms with van der Waals surface area (Å²) in [5.41, 5.74) is 1.25. The molecule has 1 aliphatic carbocycles. The van der Waals surface area contributed by atoms with E-state index in [1.54, 1.807) is 25.7 Å². The molecule has 11 nitrogen and oxygen atoms in total. The van der Waals surface area contributed by atoms with Crippen molar-refractivity contribution in [1.82, 2.24) is 10.2 Å². The molecule has 1 saturated carbocycles. The van der Waals surface area contributed by atoms with Gasteiger partial charge in [-0.25, -0.2) is 9.59 Å². The summed E-state index contributed by atoms with van der Waals surface area (Å²) >= 11 is 0. The highest BCUT2D eigenvalue weighted by Gasteiger charge is 2.32. The van der Waals surface area contributed by atoms with Crippen LogP contribution in [0.4, 0.5) is 16.2 Å². The van der Waals surface area contributed by atoms with Gasteiger partial charge >= 0.3 is 12.1 Å². The number of aliphatic hydroxyl groups excluding tert-OH is 1. The number of aliphatic hydroxyl groups is 1. The van der Waals surface area contributed by atoms with Crippen LogP contribution in [0.25, 0.3) is 0 Å². The molecule has 0 radical (unpaired) electrons. The zero-order chi connectivity index (χ0) is 30.4. The Morgan fingerprint density at radius 1 is 0.976 bits per heavy atom. The van der Waals surface area contributed by atoms with Gasteiger partial charge in [0.05, 0.1) is 18.2 Å². The summed E-state index contributed by atoms with van der Waals surface area (Å²) in [5.74, 6) is -1.54. The minimum absolute atomic E-state index is 0.0258. The van der Waals surface area contributed by atoms with Gasteiger partial charge in [-0.2, -0.15) is 0 Å². The number of alkyl carbamates (subject to hydrolysis) is 1. The number of carbonyl (C=O) groups excluding carboxylic acids is 3. The Kier molecular flexibility index (Phi) is 9.85. The van der Waals surface area contributed by atoms with E-state index in [9.17, 15) is 24.3 Å². The molecule has 1 heterocycles. The molecule has 0 aromatic heterocycles. The quantitative estimate of drug-likeness (QED) is 0.371. The number of rotatable bonds is 8. The number of hydrogen-bond acceptors (Lipinski definition) is 7. The van der Waals surface area contributed by atoms with E-state index >= 15 is 0 Å². The minimum atomic E-state index is -1.07. The van der Waals surface area contributed by atoms with Crippen LogP contribution < -0.4 is 15.5 Å². The molecule has 2 aromatic rings. The van der Waals surface area contributed by atoms with Crippen molar-refractivity contribution in [1.29, 1.82) is 0 Å². The van der Waals surface area contributed by atoms with Crippen LogP contribution in [0.1, 0.15) is 62.4 Å². The van der Waals surface area contributed by atoms with Crippen molar-refractivity contribution in [2.75, 3.05) is 29.9 Å². The predicted octanol–water partition coefficient (Wildman–Crippen LogP) is 3.41. The molecule has 1 atom stereocenters. The second-order valence-electron chi connectivity index (χ2n) is 11.9. The lowest BCUT2D eigenvalue weighted by molar-refractivity contribution is -0.122. The molecule has 2 aromatic carbocycles. The number of amides is 3. The molecule has 0 bridgehead atoms. The van der Waals surface area contributed by atoms with Crippen LogP contribution in [-0.4, -0.2) is 82.4 Å². The van der Waals surface area contributed by atoms with Gasteiger partial charge in [0.15, 0.2) is 0 Å². The van der Waals surface area contributed by atoms with Crippen molar-refractivity contribution in [3.8, 4) is 0 Å². The van der Waals surface area contributed by atoms with E-state index in [0.717, 1.165) is 43.5 Å². The first-order chi connectivity index (χ1) is 19.9. The molecule has 42 heavy (non-hydrogen) atoms. The highest BCUT2D eigenvalue weighted by atomic mass is 16.6. The van der Waals surface area contributed by atoms with Crippen LogP contribution >= 0.6 is 0 Å². The lowest BCUT2D eigenvalue weighted by Gasteiger charge is -2.41. The van der Waals surface area contributed by atoms with E-state index in [0.29, 0.717) is 24.8 Å². The smallest absolute Gasteiger partial charge is 0.408 e. The molecule has 2 aliphatic rings. The van der Waals surface area contributed by atoms with E-state index < -0.39 is 29.6 Å². The van der Waals surface area contributed by atoms with Crippen molar-refractivity contribution < 1.29 is 34.1 Å². The van der Waals surface area contributed by atoms with E-state index in [4.69, 9.17) is 9.84 Å².